The van der Waals surface area contributed by atoms with Gasteiger partial charge in [-0.3, -0.25) is 9.59 Å². The van der Waals surface area contributed by atoms with Crippen molar-refractivity contribution < 1.29 is 14.3 Å². The number of carbonyl (C=O) groups excluding carboxylic acids is 2. The number of H-pyrrole nitrogens is 1. The molecule has 1 fully saturated rings. The molecule has 0 radical (unpaired) electrons. The molecule has 22 heavy (non-hydrogen) atoms. The molecule has 6 nitrogen and oxygen atoms in total. The highest BCUT2D eigenvalue weighted by Crippen LogP contribution is 2.38. The predicted octanol–water partition coefficient (Wildman–Crippen LogP) is 2.12. The first-order valence-corrected chi connectivity index (χ1v) is 8.23. The van der Waals surface area contributed by atoms with Crippen molar-refractivity contribution in [3.63, 3.8) is 0 Å². The third kappa shape index (κ3) is 3.08. The van der Waals surface area contributed by atoms with Crippen LogP contribution in [-0.4, -0.2) is 54.5 Å². The largest absolute Gasteiger partial charge is 0.378 e. The molecule has 3 rings (SSSR count). The number of hydrogen-bond donors (Lipinski definition) is 2. The second-order valence-corrected chi connectivity index (χ2v) is 6.82. The Kier molecular flexibility index (Phi) is 4.58. The summed E-state index contributed by atoms with van der Waals surface area (Å²) in [6.45, 7) is 2.14. The molecule has 0 aromatic carbocycles. The molecule has 118 valence electrons. The minimum atomic E-state index is -0.350. The van der Waals surface area contributed by atoms with Crippen molar-refractivity contribution in [3.05, 3.63) is 21.1 Å². The van der Waals surface area contributed by atoms with Gasteiger partial charge in [0.15, 0.2) is 0 Å². The molecule has 9 heteroatoms. The van der Waals surface area contributed by atoms with Crippen LogP contribution in [0.15, 0.2) is 6.07 Å². The van der Waals surface area contributed by atoms with Crippen LogP contribution in [0.25, 0.3) is 10.2 Å². The Bertz CT molecular complexity index is 721. The lowest BCUT2D eigenvalue weighted by atomic mass is 10.3. The molecule has 1 saturated heterocycles. The number of thiophene rings is 1. The summed E-state index contributed by atoms with van der Waals surface area (Å²) >= 11 is 13.2. The molecule has 0 spiro atoms. The van der Waals surface area contributed by atoms with Crippen molar-refractivity contribution in [1.29, 1.82) is 0 Å². The SMILES string of the molecule is O=C(NCC(=O)N1CCOCC1)c1cc2sc(Cl)c(Cl)c2[nH]1. The topological polar surface area (TPSA) is 74.4 Å². The van der Waals surface area contributed by atoms with Gasteiger partial charge in [0, 0.05) is 13.1 Å². The Morgan fingerprint density at radius 2 is 2.09 bits per heavy atom. The smallest absolute Gasteiger partial charge is 0.268 e. The molecule has 2 aromatic rings. The van der Waals surface area contributed by atoms with Crippen molar-refractivity contribution >= 4 is 56.6 Å². The monoisotopic (exact) mass is 361 g/mol. The van der Waals surface area contributed by atoms with E-state index in [1.165, 1.54) is 11.3 Å². The highest BCUT2D eigenvalue weighted by atomic mass is 35.5. The number of amides is 2. The number of aromatic nitrogens is 1. The fourth-order valence-corrected chi connectivity index (χ4v) is 3.70. The summed E-state index contributed by atoms with van der Waals surface area (Å²) in [4.78, 5) is 28.6. The Hall–Kier alpha value is -1.28. The predicted molar refractivity (Wildman–Crippen MR) is 85.9 cm³/mol. The van der Waals surface area contributed by atoms with Crippen LogP contribution in [-0.2, 0) is 9.53 Å². The van der Waals surface area contributed by atoms with Crippen molar-refractivity contribution in [3.8, 4) is 0 Å². The summed E-state index contributed by atoms with van der Waals surface area (Å²) in [5, 5.41) is 3.01. The number of carbonyl (C=O) groups is 2. The molecule has 0 saturated carbocycles. The van der Waals surface area contributed by atoms with Crippen molar-refractivity contribution in [2.45, 2.75) is 0 Å². The first-order valence-electron chi connectivity index (χ1n) is 6.66. The number of nitrogens with one attached hydrogen (secondary N) is 2. The van der Waals surface area contributed by atoms with Crippen LogP contribution in [0.5, 0.6) is 0 Å². The van der Waals surface area contributed by atoms with Crippen LogP contribution in [0.1, 0.15) is 10.5 Å². The number of morpholine rings is 1. The van der Waals surface area contributed by atoms with Crippen molar-refractivity contribution in [2.24, 2.45) is 0 Å². The summed E-state index contributed by atoms with van der Waals surface area (Å²) in [6, 6.07) is 1.67. The fourth-order valence-electron chi connectivity index (χ4n) is 2.22. The zero-order chi connectivity index (χ0) is 15.7. The van der Waals surface area contributed by atoms with E-state index in [1.807, 2.05) is 0 Å². The normalized spacial score (nSPS) is 15.3. The van der Waals surface area contributed by atoms with Gasteiger partial charge in [0.2, 0.25) is 5.91 Å². The molecule has 2 aromatic heterocycles. The van der Waals surface area contributed by atoms with Crippen LogP contribution >= 0.6 is 34.5 Å². The van der Waals surface area contributed by atoms with Gasteiger partial charge in [-0.05, 0) is 6.07 Å². The lowest BCUT2D eigenvalue weighted by Gasteiger charge is -2.26. The van der Waals surface area contributed by atoms with Crippen molar-refractivity contribution in [1.82, 2.24) is 15.2 Å². The van der Waals surface area contributed by atoms with Crippen LogP contribution in [0, 0.1) is 0 Å². The molecule has 0 aliphatic carbocycles. The third-order valence-corrected chi connectivity index (χ3v) is 5.31. The van der Waals surface area contributed by atoms with Gasteiger partial charge in [-0.2, -0.15) is 0 Å². The molecular weight excluding hydrogens is 349 g/mol. The molecule has 2 amide bonds. The van der Waals surface area contributed by atoms with E-state index in [2.05, 4.69) is 10.3 Å². The maximum atomic E-state index is 12.1. The number of rotatable bonds is 3. The van der Waals surface area contributed by atoms with E-state index < -0.39 is 0 Å². The third-order valence-electron chi connectivity index (χ3n) is 3.38. The maximum absolute atomic E-state index is 12.1. The highest BCUT2D eigenvalue weighted by molar-refractivity contribution is 7.23. The summed E-state index contributed by atoms with van der Waals surface area (Å²) in [5.41, 5.74) is 0.996. The van der Waals surface area contributed by atoms with Gasteiger partial charge in [-0.25, -0.2) is 0 Å². The molecule has 2 N–H and O–H groups in total. The quantitative estimate of drug-likeness (QED) is 0.879. The van der Waals surface area contributed by atoms with E-state index in [-0.39, 0.29) is 18.4 Å². The molecule has 0 unspecified atom stereocenters. The van der Waals surface area contributed by atoms with E-state index in [0.29, 0.717) is 46.9 Å². The number of ether oxygens (including phenoxy) is 1. The first-order chi connectivity index (χ1) is 10.6. The van der Waals surface area contributed by atoms with E-state index in [1.54, 1.807) is 11.0 Å². The van der Waals surface area contributed by atoms with E-state index >= 15 is 0 Å². The van der Waals surface area contributed by atoms with Crippen LogP contribution in [0.3, 0.4) is 0 Å². The van der Waals surface area contributed by atoms with Gasteiger partial charge in [-0.15, -0.1) is 11.3 Å². The average molecular weight is 362 g/mol. The minimum Gasteiger partial charge on any atom is -0.378 e. The number of halogens is 2. The van der Waals surface area contributed by atoms with Gasteiger partial charge < -0.3 is 19.9 Å². The van der Waals surface area contributed by atoms with Gasteiger partial charge >= 0.3 is 0 Å². The second-order valence-electron chi connectivity index (χ2n) is 4.79. The summed E-state index contributed by atoms with van der Waals surface area (Å²) < 4.78 is 6.47. The minimum absolute atomic E-state index is 0.0417. The maximum Gasteiger partial charge on any atom is 0.268 e. The zero-order valence-corrected chi connectivity index (χ0v) is 13.8. The van der Waals surface area contributed by atoms with E-state index in [9.17, 15) is 9.59 Å². The Morgan fingerprint density at radius 3 is 2.77 bits per heavy atom. The molecule has 1 aliphatic rings. The molecule has 0 bridgehead atoms. The number of nitrogens with zero attached hydrogens (tertiary/aromatic N) is 1. The molecule has 0 atom stereocenters. The number of hydrogen-bond acceptors (Lipinski definition) is 4. The first kappa shape index (κ1) is 15.6. The van der Waals surface area contributed by atoms with E-state index in [4.69, 9.17) is 27.9 Å². The Balaban J connectivity index is 1.62. The van der Waals surface area contributed by atoms with Crippen LogP contribution < -0.4 is 5.32 Å². The zero-order valence-electron chi connectivity index (χ0n) is 11.4. The Labute approximate surface area is 140 Å². The Morgan fingerprint density at radius 1 is 1.36 bits per heavy atom. The highest BCUT2D eigenvalue weighted by Gasteiger charge is 2.19. The van der Waals surface area contributed by atoms with Crippen molar-refractivity contribution in [2.75, 3.05) is 32.8 Å². The van der Waals surface area contributed by atoms with Gasteiger partial charge in [0.1, 0.15) is 10.0 Å². The van der Waals surface area contributed by atoms with Crippen LogP contribution in [0.4, 0.5) is 0 Å². The lowest BCUT2D eigenvalue weighted by Crippen LogP contribution is -2.45. The number of fused-ring (bicyclic) bond motifs is 1. The van der Waals surface area contributed by atoms with Gasteiger partial charge in [0.25, 0.3) is 5.91 Å². The summed E-state index contributed by atoms with van der Waals surface area (Å²) in [7, 11) is 0. The molecule has 1 aliphatic heterocycles. The van der Waals surface area contributed by atoms with E-state index in [0.717, 1.165) is 4.70 Å². The van der Waals surface area contributed by atoms with Gasteiger partial charge in [0.05, 0.1) is 35.0 Å². The standard InChI is InChI=1S/C13H13Cl2N3O3S/c14-10-11-8(22-12(10)15)5-7(17-11)13(20)16-6-9(19)18-1-3-21-4-2-18/h5,17H,1-4,6H2,(H,16,20). The number of aromatic amines is 1. The second kappa shape index (κ2) is 6.45. The average Bonchev–Trinajstić information content (AvgIpc) is 3.06. The molecule has 3 heterocycles. The molecular formula is C13H13Cl2N3O3S. The summed E-state index contributed by atoms with van der Waals surface area (Å²) in [6.07, 6.45) is 0. The van der Waals surface area contributed by atoms with Crippen LogP contribution in [0.2, 0.25) is 9.36 Å². The fraction of sp³-hybridized carbons (Fsp3) is 0.385. The summed E-state index contributed by atoms with van der Waals surface area (Å²) in [5.74, 6) is -0.469. The van der Waals surface area contributed by atoms with Gasteiger partial charge in [-0.1, -0.05) is 23.2 Å². The lowest BCUT2D eigenvalue weighted by molar-refractivity contribution is -0.134.